The molecule has 2 atom stereocenters. The number of nitro benzene ring substituents is 1. The van der Waals surface area contributed by atoms with Crippen molar-refractivity contribution >= 4 is 28.5 Å². The average Bonchev–Trinajstić information content (AvgIpc) is 2.38. The van der Waals surface area contributed by atoms with E-state index >= 15 is 0 Å². The van der Waals surface area contributed by atoms with Gasteiger partial charge < -0.3 is 5.11 Å². The number of thioether (sulfide) groups is 1. The first-order valence-corrected chi connectivity index (χ1v) is 6.92. The van der Waals surface area contributed by atoms with Crippen LogP contribution >= 0.6 is 11.8 Å². The van der Waals surface area contributed by atoms with Crippen molar-refractivity contribution in [3.8, 4) is 0 Å². The lowest BCUT2D eigenvalue weighted by molar-refractivity contribution is -0.384. The van der Waals surface area contributed by atoms with Gasteiger partial charge in [-0.3, -0.25) is 19.7 Å². The first-order valence-electron chi connectivity index (χ1n) is 5.93. The van der Waals surface area contributed by atoms with E-state index in [2.05, 4.69) is 0 Å². The quantitative estimate of drug-likeness (QED) is 0.640. The van der Waals surface area contributed by atoms with Crippen LogP contribution in [0.3, 0.4) is 0 Å². The molecule has 0 aromatic heterocycles. The lowest BCUT2D eigenvalue weighted by Crippen LogP contribution is -2.23. The number of nitrogens with zero attached hydrogens (tertiary/aromatic N) is 1. The van der Waals surface area contributed by atoms with Gasteiger partial charge in [0.2, 0.25) is 0 Å². The van der Waals surface area contributed by atoms with Crippen LogP contribution < -0.4 is 0 Å². The number of carboxylic acids is 1. The summed E-state index contributed by atoms with van der Waals surface area (Å²) in [6, 6.07) is 5.81. The molecule has 0 aliphatic rings. The highest BCUT2D eigenvalue weighted by Gasteiger charge is 2.26. The molecular formula is C13H15NO5S. The summed E-state index contributed by atoms with van der Waals surface area (Å²) in [6.07, 6.45) is 0. The molecule has 1 N–H and O–H groups in total. The summed E-state index contributed by atoms with van der Waals surface area (Å²) < 4.78 is 0. The van der Waals surface area contributed by atoms with Crippen LogP contribution in [-0.4, -0.2) is 26.9 Å². The molecule has 0 fully saturated rings. The Morgan fingerprint density at radius 2 is 1.90 bits per heavy atom. The van der Waals surface area contributed by atoms with Crippen molar-refractivity contribution in [2.45, 2.75) is 19.8 Å². The molecule has 0 aliphatic carbocycles. The zero-order valence-corrected chi connectivity index (χ0v) is 11.9. The number of non-ortho nitro benzene ring substituents is 1. The molecule has 0 spiro atoms. The third kappa shape index (κ3) is 4.34. The molecule has 0 heterocycles. The molecule has 2 unspecified atom stereocenters. The van der Waals surface area contributed by atoms with Crippen LogP contribution in [0.4, 0.5) is 5.69 Å². The van der Waals surface area contributed by atoms with E-state index in [4.69, 9.17) is 0 Å². The number of nitro groups is 1. The maximum absolute atomic E-state index is 11.3. The average molecular weight is 297 g/mol. The van der Waals surface area contributed by atoms with Crippen LogP contribution in [0.1, 0.15) is 25.3 Å². The van der Waals surface area contributed by atoms with Gasteiger partial charge in [-0.1, -0.05) is 30.8 Å². The number of carbonyl (C=O) groups is 2. The van der Waals surface area contributed by atoms with Crippen LogP contribution in [0.15, 0.2) is 24.3 Å². The lowest BCUT2D eigenvalue weighted by atomic mass is 9.89. The normalized spacial score (nSPS) is 13.5. The van der Waals surface area contributed by atoms with Gasteiger partial charge in [0, 0.05) is 24.8 Å². The highest BCUT2D eigenvalue weighted by atomic mass is 32.2. The molecule has 0 radical (unpaired) electrons. The van der Waals surface area contributed by atoms with Gasteiger partial charge in [0.25, 0.3) is 5.69 Å². The Morgan fingerprint density at radius 1 is 1.35 bits per heavy atom. The van der Waals surface area contributed by atoms with Gasteiger partial charge in [0.05, 0.1) is 10.8 Å². The number of rotatable bonds is 6. The largest absolute Gasteiger partial charge is 0.481 e. The van der Waals surface area contributed by atoms with Crippen molar-refractivity contribution in [3.63, 3.8) is 0 Å². The predicted molar refractivity (Wildman–Crippen MR) is 75.8 cm³/mol. The van der Waals surface area contributed by atoms with E-state index < -0.39 is 16.8 Å². The molecule has 0 amide bonds. The number of carbonyl (C=O) groups excluding carboxylic acids is 1. The fourth-order valence-electron chi connectivity index (χ4n) is 1.77. The second-order valence-electron chi connectivity index (χ2n) is 4.38. The fraction of sp³-hybridized carbons (Fsp3) is 0.385. The Balaban J connectivity index is 2.88. The second-order valence-corrected chi connectivity index (χ2v) is 5.58. The van der Waals surface area contributed by atoms with Crippen LogP contribution in [0, 0.1) is 16.0 Å². The first-order chi connectivity index (χ1) is 9.32. The maximum atomic E-state index is 11.3. The van der Waals surface area contributed by atoms with E-state index in [1.807, 2.05) is 0 Å². The zero-order valence-electron chi connectivity index (χ0n) is 11.1. The molecule has 1 aromatic carbocycles. The van der Waals surface area contributed by atoms with E-state index in [1.54, 1.807) is 19.1 Å². The molecule has 1 aromatic rings. The number of hydrogen-bond acceptors (Lipinski definition) is 5. The first kappa shape index (κ1) is 16.2. The Bertz CT molecular complexity index is 514. The van der Waals surface area contributed by atoms with E-state index in [0.717, 1.165) is 11.8 Å². The van der Waals surface area contributed by atoms with Gasteiger partial charge in [-0.2, -0.15) is 0 Å². The van der Waals surface area contributed by atoms with Gasteiger partial charge in [-0.15, -0.1) is 0 Å². The van der Waals surface area contributed by atoms with Crippen molar-refractivity contribution in [1.29, 1.82) is 0 Å². The van der Waals surface area contributed by atoms with Gasteiger partial charge in [-0.05, 0) is 11.5 Å². The number of hydrogen-bond donors (Lipinski definition) is 1. The standard InChI is InChI=1S/C13H15NO5S/c1-8(12(13(16)17)7-20-9(2)15)10-3-5-11(6-4-10)14(18)19/h3-6,8,12H,7H2,1-2H3,(H,16,17). The Kier molecular flexibility index (Phi) is 5.69. The number of carboxylic acid groups (broad SMARTS) is 1. The zero-order chi connectivity index (χ0) is 15.3. The maximum Gasteiger partial charge on any atom is 0.307 e. The molecule has 1 rings (SSSR count). The van der Waals surface area contributed by atoms with E-state index in [1.165, 1.54) is 19.1 Å². The van der Waals surface area contributed by atoms with Crippen molar-refractivity contribution in [1.82, 2.24) is 0 Å². The summed E-state index contributed by atoms with van der Waals surface area (Å²) in [7, 11) is 0. The minimum atomic E-state index is -0.982. The molecule has 0 aliphatic heterocycles. The lowest BCUT2D eigenvalue weighted by Gasteiger charge is -2.19. The third-order valence-corrected chi connectivity index (χ3v) is 3.95. The third-order valence-electron chi connectivity index (χ3n) is 3.02. The summed E-state index contributed by atoms with van der Waals surface area (Å²) in [6.45, 7) is 3.13. The molecular weight excluding hydrogens is 282 g/mol. The van der Waals surface area contributed by atoms with Crippen LogP contribution in [0.5, 0.6) is 0 Å². The fourth-order valence-corrected chi connectivity index (χ4v) is 2.61. The minimum absolute atomic E-state index is 0.0362. The van der Waals surface area contributed by atoms with Crippen LogP contribution in [-0.2, 0) is 9.59 Å². The number of benzene rings is 1. The van der Waals surface area contributed by atoms with E-state index in [9.17, 15) is 24.8 Å². The molecule has 108 valence electrons. The van der Waals surface area contributed by atoms with Gasteiger partial charge >= 0.3 is 5.97 Å². The van der Waals surface area contributed by atoms with Crippen molar-refractivity contribution < 1.29 is 19.6 Å². The van der Waals surface area contributed by atoms with Crippen LogP contribution in [0.2, 0.25) is 0 Å². The Labute approximate surface area is 120 Å². The van der Waals surface area contributed by atoms with Gasteiger partial charge in [0.1, 0.15) is 0 Å². The molecule has 0 bridgehead atoms. The topological polar surface area (TPSA) is 97.5 Å². The summed E-state index contributed by atoms with van der Waals surface area (Å²) >= 11 is 0.971. The summed E-state index contributed by atoms with van der Waals surface area (Å²) in [5.74, 6) is -1.85. The second kappa shape index (κ2) is 7.04. The molecule has 6 nitrogen and oxygen atoms in total. The number of aliphatic carboxylic acids is 1. The Morgan fingerprint density at radius 3 is 2.30 bits per heavy atom. The molecule has 20 heavy (non-hydrogen) atoms. The molecule has 7 heteroatoms. The molecule has 0 saturated carbocycles. The molecule has 0 saturated heterocycles. The van der Waals surface area contributed by atoms with E-state index in [0.29, 0.717) is 5.56 Å². The van der Waals surface area contributed by atoms with Gasteiger partial charge in [0.15, 0.2) is 5.12 Å². The predicted octanol–water partition coefficient (Wildman–Crippen LogP) is 2.68. The highest BCUT2D eigenvalue weighted by Crippen LogP contribution is 2.29. The Hall–Kier alpha value is -1.89. The van der Waals surface area contributed by atoms with Gasteiger partial charge in [-0.25, -0.2) is 0 Å². The van der Waals surface area contributed by atoms with Crippen molar-refractivity contribution in [2.24, 2.45) is 5.92 Å². The summed E-state index contributed by atoms with van der Waals surface area (Å²) in [4.78, 5) is 32.3. The summed E-state index contributed by atoms with van der Waals surface area (Å²) in [5, 5.41) is 19.7. The smallest absolute Gasteiger partial charge is 0.307 e. The minimum Gasteiger partial charge on any atom is -0.481 e. The monoisotopic (exact) mass is 297 g/mol. The van der Waals surface area contributed by atoms with Crippen LogP contribution in [0.25, 0.3) is 0 Å². The highest BCUT2D eigenvalue weighted by molar-refractivity contribution is 8.13. The SMILES string of the molecule is CC(=O)SCC(C(=O)O)C(C)c1ccc([N+](=O)[O-])cc1. The summed E-state index contributed by atoms with van der Waals surface area (Å²) in [5.41, 5.74) is 0.665. The van der Waals surface area contributed by atoms with Crippen molar-refractivity contribution in [2.75, 3.05) is 5.75 Å². The van der Waals surface area contributed by atoms with E-state index in [-0.39, 0.29) is 22.5 Å². The van der Waals surface area contributed by atoms with Crippen molar-refractivity contribution in [3.05, 3.63) is 39.9 Å².